The Bertz CT molecular complexity index is 225. The Morgan fingerprint density at radius 3 is 2.94 bits per heavy atom. The van der Waals surface area contributed by atoms with Crippen LogP contribution >= 0.6 is 11.8 Å². The molecule has 1 amide bonds. The van der Waals surface area contributed by atoms with Crippen molar-refractivity contribution in [1.29, 1.82) is 0 Å². The summed E-state index contributed by atoms with van der Waals surface area (Å²) in [5.74, 6) is 2.70. The molecule has 2 N–H and O–H groups in total. The fraction of sp³-hybridized carbons (Fsp3) is 0.909. The molecular formula is C11H21N3OS. The maximum Gasteiger partial charge on any atom is 0.224 e. The number of piperazine rings is 1. The van der Waals surface area contributed by atoms with Gasteiger partial charge in [-0.2, -0.15) is 11.8 Å². The first-order valence-electron chi connectivity index (χ1n) is 6.15. The van der Waals surface area contributed by atoms with Crippen LogP contribution in [-0.4, -0.2) is 61.6 Å². The van der Waals surface area contributed by atoms with Crippen LogP contribution < -0.4 is 10.6 Å². The molecule has 2 saturated heterocycles. The summed E-state index contributed by atoms with van der Waals surface area (Å²) >= 11 is 1.89. The van der Waals surface area contributed by atoms with Crippen molar-refractivity contribution < 1.29 is 4.79 Å². The van der Waals surface area contributed by atoms with Gasteiger partial charge in [-0.05, 0) is 12.2 Å². The molecule has 0 bridgehead atoms. The van der Waals surface area contributed by atoms with Crippen LogP contribution in [0.3, 0.4) is 0 Å². The summed E-state index contributed by atoms with van der Waals surface area (Å²) in [7, 11) is 0. The highest BCUT2D eigenvalue weighted by atomic mass is 32.2. The summed E-state index contributed by atoms with van der Waals surface area (Å²) in [5, 5.41) is 6.38. The van der Waals surface area contributed by atoms with Crippen molar-refractivity contribution in [2.45, 2.75) is 6.42 Å². The summed E-state index contributed by atoms with van der Waals surface area (Å²) in [6, 6.07) is 0. The average molecular weight is 243 g/mol. The minimum Gasteiger partial charge on any atom is -0.355 e. The van der Waals surface area contributed by atoms with E-state index in [2.05, 4.69) is 15.5 Å². The predicted molar refractivity (Wildman–Crippen MR) is 67.8 cm³/mol. The highest BCUT2D eigenvalue weighted by Crippen LogP contribution is 2.23. The molecule has 2 heterocycles. The Morgan fingerprint density at radius 2 is 2.25 bits per heavy atom. The molecule has 0 aromatic carbocycles. The third-order valence-electron chi connectivity index (χ3n) is 3.24. The van der Waals surface area contributed by atoms with Crippen LogP contribution in [0.1, 0.15) is 6.42 Å². The number of nitrogens with one attached hydrogen (secondary N) is 2. The van der Waals surface area contributed by atoms with E-state index >= 15 is 0 Å². The molecule has 5 heteroatoms. The molecule has 0 radical (unpaired) electrons. The first kappa shape index (κ1) is 12.2. The van der Waals surface area contributed by atoms with Crippen LogP contribution in [0.2, 0.25) is 0 Å². The lowest BCUT2D eigenvalue weighted by Gasteiger charge is -2.27. The SMILES string of the molecule is O=C(NCCN1CCNCC1)C1CCSC1. The lowest BCUT2D eigenvalue weighted by Crippen LogP contribution is -2.46. The van der Waals surface area contributed by atoms with Crippen LogP contribution in [0.25, 0.3) is 0 Å². The fourth-order valence-corrected chi connectivity index (χ4v) is 3.38. The Morgan fingerprint density at radius 1 is 1.44 bits per heavy atom. The lowest BCUT2D eigenvalue weighted by molar-refractivity contribution is -0.124. The van der Waals surface area contributed by atoms with Gasteiger partial charge in [-0.3, -0.25) is 9.69 Å². The number of rotatable bonds is 4. The second-order valence-corrected chi connectivity index (χ2v) is 5.59. The molecule has 0 aliphatic carbocycles. The molecule has 4 nitrogen and oxygen atoms in total. The zero-order chi connectivity index (χ0) is 11.2. The van der Waals surface area contributed by atoms with Crippen molar-refractivity contribution >= 4 is 17.7 Å². The lowest BCUT2D eigenvalue weighted by atomic mass is 10.1. The predicted octanol–water partition coefficient (Wildman–Crippen LogP) is -0.239. The van der Waals surface area contributed by atoms with Crippen molar-refractivity contribution in [3.63, 3.8) is 0 Å². The Balaban J connectivity index is 1.57. The number of carbonyl (C=O) groups is 1. The summed E-state index contributed by atoms with van der Waals surface area (Å²) in [5.41, 5.74) is 0. The molecule has 2 rings (SSSR count). The summed E-state index contributed by atoms with van der Waals surface area (Å²) < 4.78 is 0. The van der Waals surface area contributed by atoms with E-state index in [-0.39, 0.29) is 11.8 Å². The molecule has 2 fully saturated rings. The molecule has 92 valence electrons. The van der Waals surface area contributed by atoms with Gasteiger partial charge in [0, 0.05) is 50.9 Å². The molecule has 2 aliphatic rings. The number of hydrogen-bond donors (Lipinski definition) is 2. The standard InChI is InChI=1S/C11H21N3OS/c15-11(10-1-8-16-9-10)13-4-7-14-5-2-12-3-6-14/h10,12H,1-9H2,(H,13,15). The Kier molecular flexibility index (Phi) is 4.93. The van der Waals surface area contributed by atoms with E-state index in [9.17, 15) is 4.79 Å². The van der Waals surface area contributed by atoms with Gasteiger partial charge in [-0.25, -0.2) is 0 Å². The van der Waals surface area contributed by atoms with E-state index < -0.39 is 0 Å². The van der Waals surface area contributed by atoms with Crippen LogP contribution in [0, 0.1) is 5.92 Å². The van der Waals surface area contributed by atoms with Gasteiger partial charge >= 0.3 is 0 Å². The van der Waals surface area contributed by atoms with Gasteiger partial charge < -0.3 is 10.6 Å². The summed E-state index contributed by atoms with van der Waals surface area (Å²) in [4.78, 5) is 14.1. The van der Waals surface area contributed by atoms with Gasteiger partial charge in [0.1, 0.15) is 0 Å². The van der Waals surface area contributed by atoms with Crippen LogP contribution in [0.15, 0.2) is 0 Å². The van der Waals surface area contributed by atoms with Gasteiger partial charge in [0.15, 0.2) is 0 Å². The van der Waals surface area contributed by atoms with E-state index in [1.165, 1.54) is 0 Å². The third kappa shape index (κ3) is 3.64. The fourth-order valence-electron chi connectivity index (χ4n) is 2.16. The molecule has 1 atom stereocenters. The minimum atomic E-state index is 0.264. The molecule has 0 spiro atoms. The van der Waals surface area contributed by atoms with Gasteiger partial charge in [0.05, 0.1) is 0 Å². The van der Waals surface area contributed by atoms with Crippen molar-refractivity contribution in [2.75, 3.05) is 50.8 Å². The number of hydrogen-bond acceptors (Lipinski definition) is 4. The first-order valence-corrected chi connectivity index (χ1v) is 7.30. The number of carbonyl (C=O) groups excluding carboxylic acids is 1. The molecule has 0 aromatic heterocycles. The monoisotopic (exact) mass is 243 g/mol. The summed E-state index contributed by atoms with van der Waals surface area (Å²) in [6.07, 6.45) is 1.06. The van der Waals surface area contributed by atoms with Crippen LogP contribution in [-0.2, 0) is 4.79 Å². The second kappa shape index (κ2) is 6.47. The summed E-state index contributed by atoms with van der Waals surface area (Å²) in [6.45, 7) is 6.16. The van der Waals surface area contributed by atoms with Gasteiger partial charge in [0.25, 0.3) is 0 Å². The molecule has 1 unspecified atom stereocenters. The number of amides is 1. The van der Waals surface area contributed by atoms with E-state index in [1.54, 1.807) is 0 Å². The second-order valence-electron chi connectivity index (χ2n) is 4.44. The smallest absolute Gasteiger partial charge is 0.224 e. The van der Waals surface area contributed by atoms with Crippen molar-refractivity contribution in [3.8, 4) is 0 Å². The van der Waals surface area contributed by atoms with E-state index in [0.717, 1.165) is 57.2 Å². The number of thioether (sulfide) groups is 1. The van der Waals surface area contributed by atoms with Gasteiger partial charge in [-0.15, -0.1) is 0 Å². The van der Waals surface area contributed by atoms with E-state index in [4.69, 9.17) is 0 Å². The van der Waals surface area contributed by atoms with Gasteiger partial charge in [0.2, 0.25) is 5.91 Å². The molecule has 0 saturated carbocycles. The highest BCUT2D eigenvalue weighted by molar-refractivity contribution is 7.99. The molecular weight excluding hydrogens is 222 g/mol. The van der Waals surface area contributed by atoms with Crippen LogP contribution in [0.4, 0.5) is 0 Å². The highest BCUT2D eigenvalue weighted by Gasteiger charge is 2.22. The Hall–Kier alpha value is -0.260. The minimum absolute atomic E-state index is 0.264. The maximum absolute atomic E-state index is 11.7. The normalized spacial score (nSPS) is 26.9. The largest absolute Gasteiger partial charge is 0.355 e. The zero-order valence-corrected chi connectivity index (χ0v) is 10.5. The topological polar surface area (TPSA) is 44.4 Å². The molecule has 2 aliphatic heterocycles. The third-order valence-corrected chi connectivity index (χ3v) is 4.40. The maximum atomic E-state index is 11.7. The van der Waals surface area contributed by atoms with Crippen molar-refractivity contribution in [2.24, 2.45) is 5.92 Å². The molecule has 16 heavy (non-hydrogen) atoms. The average Bonchev–Trinajstić information content (AvgIpc) is 2.84. The van der Waals surface area contributed by atoms with Crippen molar-refractivity contribution in [3.05, 3.63) is 0 Å². The molecule has 0 aromatic rings. The zero-order valence-electron chi connectivity index (χ0n) is 9.71. The van der Waals surface area contributed by atoms with Gasteiger partial charge in [-0.1, -0.05) is 0 Å². The Labute approximate surface area is 102 Å². The van der Waals surface area contributed by atoms with Crippen molar-refractivity contribution in [1.82, 2.24) is 15.5 Å². The quantitative estimate of drug-likeness (QED) is 0.715. The van der Waals surface area contributed by atoms with E-state index in [0.29, 0.717) is 0 Å². The van der Waals surface area contributed by atoms with Crippen LogP contribution in [0.5, 0.6) is 0 Å². The van der Waals surface area contributed by atoms with E-state index in [1.807, 2.05) is 11.8 Å². The number of nitrogens with zero attached hydrogens (tertiary/aromatic N) is 1. The first-order chi connectivity index (χ1) is 7.86.